The zero-order valence-corrected chi connectivity index (χ0v) is 15.0. The number of Topliss-reactive ketones (excluding diaryl/α,β-unsaturated/α-hetero) is 1. The molecule has 0 bridgehead atoms. The van der Waals surface area contributed by atoms with Crippen molar-refractivity contribution in [1.82, 2.24) is 4.98 Å². The number of hydrogen-bond donors (Lipinski definition) is 6. The van der Waals surface area contributed by atoms with Crippen LogP contribution in [0, 0.1) is 0 Å². The van der Waals surface area contributed by atoms with Crippen LogP contribution in [0.3, 0.4) is 0 Å². The largest absolute Gasteiger partial charge is 0.394 e. The number of ketones is 1. The molecule has 2 unspecified atom stereocenters. The molecule has 2 rings (SSSR count). The van der Waals surface area contributed by atoms with Crippen molar-refractivity contribution in [2.45, 2.75) is 38.4 Å². The van der Waals surface area contributed by atoms with Crippen LogP contribution < -0.4 is 10.9 Å². The predicted molar refractivity (Wildman–Crippen MR) is 98.7 cm³/mol. The van der Waals surface area contributed by atoms with E-state index in [9.17, 15) is 24.9 Å². The summed E-state index contributed by atoms with van der Waals surface area (Å²) in [5, 5.41) is 41.7. The molecule has 0 fully saturated rings. The van der Waals surface area contributed by atoms with Gasteiger partial charge in [0.05, 0.1) is 24.8 Å². The van der Waals surface area contributed by atoms with E-state index in [1.807, 2.05) is 0 Å². The number of nitrogens with one attached hydrogen (secondary N) is 2. The Kier molecular flexibility index (Phi) is 7.05. The van der Waals surface area contributed by atoms with Crippen LogP contribution in [0.2, 0.25) is 0 Å². The summed E-state index contributed by atoms with van der Waals surface area (Å²) < 4.78 is 5.17. The van der Waals surface area contributed by atoms with Crippen LogP contribution >= 0.6 is 0 Å². The molecule has 27 heavy (non-hydrogen) atoms. The molecule has 0 radical (unpaired) electrons. The molecule has 1 heterocycles. The number of carbonyl (C=O) groups is 1. The number of ether oxygens (including phenoxy) is 1. The van der Waals surface area contributed by atoms with Crippen molar-refractivity contribution < 1.29 is 30.0 Å². The van der Waals surface area contributed by atoms with Crippen LogP contribution in [0.25, 0.3) is 10.9 Å². The molecule has 6 N–H and O–H groups in total. The summed E-state index contributed by atoms with van der Waals surface area (Å²) in [5.74, 6) is -0.239. The molecule has 1 aromatic heterocycles. The Hall–Kier alpha value is -2.30. The number of aliphatic hydroxyl groups is 4. The number of aromatic nitrogens is 1. The van der Waals surface area contributed by atoms with Crippen LogP contribution in [-0.4, -0.2) is 68.9 Å². The van der Waals surface area contributed by atoms with Crippen LogP contribution in [0.5, 0.6) is 0 Å². The van der Waals surface area contributed by atoms with Crippen LogP contribution in [0.15, 0.2) is 29.1 Å². The number of H-pyrrole nitrogens is 1. The highest BCUT2D eigenvalue weighted by Gasteiger charge is 2.25. The average Bonchev–Trinajstić information content (AvgIpc) is 2.62. The topological polar surface area (TPSA) is 152 Å². The van der Waals surface area contributed by atoms with Gasteiger partial charge in [-0.2, -0.15) is 0 Å². The van der Waals surface area contributed by atoms with E-state index < -0.39 is 43.3 Å². The molecule has 0 saturated heterocycles. The molecule has 2 aromatic rings. The lowest BCUT2D eigenvalue weighted by atomic mass is 10.1. The van der Waals surface area contributed by atoms with E-state index in [1.54, 1.807) is 18.2 Å². The smallest absolute Gasteiger partial charge is 0.249 e. The molecular formula is C18H24N2O7. The van der Waals surface area contributed by atoms with Crippen LogP contribution in [-0.2, 0) is 4.74 Å². The molecule has 0 aliphatic carbocycles. The van der Waals surface area contributed by atoms with E-state index in [2.05, 4.69) is 10.3 Å². The molecular weight excluding hydrogens is 356 g/mol. The van der Waals surface area contributed by atoms with E-state index in [-0.39, 0.29) is 5.78 Å². The fourth-order valence-electron chi connectivity index (χ4n) is 2.65. The Balaban J connectivity index is 2.25. The zero-order chi connectivity index (χ0) is 20.1. The number of aliphatic hydroxyl groups excluding tert-OH is 4. The SMILES string of the molecule is CC(=O)c1cc(=O)[nH]c2cc(N[C@H](CO)C(O)OC(CO)[C@@H](C)O)ccc12. The molecule has 0 aliphatic heterocycles. The van der Waals surface area contributed by atoms with E-state index in [0.29, 0.717) is 22.2 Å². The second kappa shape index (κ2) is 9.07. The second-order valence-corrected chi connectivity index (χ2v) is 6.29. The predicted octanol–water partition coefficient (Wildman–Crippen LogP) is -0.420. The Morgan fingerprint density at radius 1 is 1.22 bits per heavy atom. The third-order valence-corrected chi connectivity index (χ3v) is 4.15. The minimum Gasteiger partial charge on any atom is -0.394 e. The Bertz CT molecular complexity index is 849. The summed E-state index contributed by atoms with van der Waals surface area (Å²) in [6, 6.07) is 5.10. The Labute approximate surface area is 155 Å². The maximum Gasteiger partial charge on any atom is 0.249 e. The van der Waals surface area contributed by atoms with Gasteiger partial charge in [-0.1, -0.05) is 6.07 Å². The van der Waals surface area contributed by atoms with Gasteiger partial charge in [0.1, 0.15) is 12.1 Å². The number of aromatic amines is 1. The van der Waals surface area contributed by atoms with Crippen molar-refractivity contribution >= 4 is 22.4 Å². The van der Waals surface area contributed by atoms with Gasteiger partial charge in [0.25, 0.3) is 0 Å². The monoisotopic (exact) mass is 380 g/mol. The normalized spacial score (nSPS) is 15.9. The maximum absolute atomic E-state index is 11.7. The Morgan fingerprint density at radius 2 is 1.93 bits per heavy atom. The van der Waals surface area contributed by atoms with Gasteiger partial charge in [-0.3, -0.25) is 9.59 Å². The first-order valence-corrected chi connectivity index (χ1v) is 8.44. The summed E-state index contributed by atoms with van der Waals surface area (Å²) in [6.07, 6.45) is -3.54. The molecule has 9 heteroatoms. The summed E-state index contributed by atoms with van der Waals surface area (Å²) in [6.45, 7) is 1.77. The number of carbonyl (C=O) groups excluding carboxylic acids is 1. The number of benzene rings is 1. The molecule has 0 aliphatic rings. The molecule has 0 spiro atoms. The second-order valence-electron chi connectivity index (χ2n) is 6.29. The highest BCUT2D eigenvalue weighted by molar-refractivity contribution is 6.06. The van der Waals surface area contributed by atoms with Gasteiger partial charge in [0, 0.05) is 22.7 Å². The molecule has 1 aromatic carbocycles. The first kappa shape index (κ1) is 21.0. The highest BCUT2D eigenvalue weighted by atomic mass is 16.6. The molecule has 148 valence electrons. The van der Waals surface area contributed by atoms with Gasteiger partial charge in [0.15, 0.2) is 12.1 Å². The summed E-state index contributed by atoms with van der Waals surface area (Å²) in [7, 11) is 0. The van der Waals surface area contributed by atoms with Crippen molar-refractivity contribution in [3.63, 3.8) is 0 Å². The lowest BCUT2D eigenvalue weighted by Gasteiger charge is -2.28. The van der Waals surface area contributed by atoms with Crippen LogP contribution in [0.4, 0.5) is 5.69 Å². The molecule has 4 atom stereocenters. The first-order valence-electron chi connectivity index (χ1n) is 8.44. The number of anilines is 1. The van der Waals surface area contributed by atoms with Gasteiger partial charge in [0.2, 0.25) is 5.56 Å². The maximum atomic E-state index is 11.7. The van der Waals surface area contributed by atoms with Crippen molar-refractivity contribution in [2.75, 3.05) is 18.5 Å². The summed E-state index contributed by atoms with van der Waals surface area (Å²) in [4.78, 5) is 26.1. The van der Waals surface area contributed by atoms with Crippen molar-refractivity contribution in [1.29, 1.82) is 0 Å². The minimum atomic E-state index is -1.51. The first-order chi connectivity index (χ1) is 12.8. The van der Waals surface area contributed by atoms with Gasteiger partial charge in [-0.25, -0.2) is 0 Å². The van der Waals surface area contributed by atoms with Crippen molar-refractivity contribution in [3.8, 4) is 0 Å². The number of fused-ring (bicyclic) bond motifs is 1. The third-order valence-electron chi connectivity index (χ3n) is 4.15. The number of pyridine rings is 1. The lowest BCUT2D eigenvalue weighted by Crippen LogP contribution is -2.44. The summed E-state index contributed by atoms with van der Waals surface area (Å²) >= 11 is 0. The average molecular weight is 380 g/mol. The number of rotatable bonds is 9. The van der Waals surface area contributed by atoms with E-state index in [4.69, 9.17) is 9.84 Å². The molecule has 9 nitrogen and oxygen atoms in total. The standard InChI is InChI=1S/C18H24N2O7/c1-9(23)13-6-17(25)20-14-5-11(3-4-12(13)14)19-15(7-21)18(26)27-16(8-22)10(2)24/h3-6,10,15-16,18-19,21-22,24,26H,7-8H2,1-2H3,(H,20,25)/t10-,15-,16?,18?/m1/s1. The van der Waals surface area contributed by atoms with Gasteiger partial charge < -0.3 is 35.5 Å². The fraction of sp³-hybridized carbons (Fsp3) is 0.444. The quantitative estimate of drug-likeness (QED) is 0.253. The van der Waals surface area contributed by atoms with Gasteiger partial charge >= 0.3 is 0 Å². The minimum absolute atomic E-state index is 0.239. The fourth-order valence-corrected chi connectivity index (χ4v) is 2.65. The van der Waals surface area contributed by atoms with Crippen LogP contribution in [0.1, 0.15) is 24.2 Å². The summed E-state index contributed by atoms with van der Waals surface area (Å²) in [5.41, 5.74) is 0.750. The van der Waals surface area contributed by atoms with E-state index >= 15 is 0 Å². The highest BCUT2D eigenvalue weighted by Crippen LogP contribution is 2.21. The van der Waals surface area contributed by atoms with Crippen molar-refractivity contribution in [2.24, 2.45) is 0 Å². The molecule has 0 amide bonds. The van der Waals surface area contributed by atoms with E-state index in [1.165, 1.54) is 19.9 Å². The third kappa shape index (κ3) is 5.12. The zero-order valence-electron chi connectivity index (χ0n) is 15.0. The number of hydrogen-bond acceptors (Lipinski definition) is 8. The van der Waals surface area contributed by atoms with Gasteiger partial charge in [-0.05, 0) is 26.0 Å². The van der Waals surface area contributed by atoms with Gasteiger partial charge in [-0.15, -0.1) is 0 Å². The van der Waals surface area contributed by atoms with Crippen molar-refractivity contribution in [3.05, 3.63) is 40.2 Å². The lowest BCUT2D eigenvalue weighted by molar-refractivity contribution is -0.182. The Morgan fingerprint density at radius 3 is 2.48 bits per heavy atom. The van der Waals surface area contributed by atoms with E-state index in [0.717, 1.165) is 0 Å². The molecule has 0 saturated carbocycles.